The Bertz CT molecular complexity index is 1510. The average molecular weight is 813 g/mol. The fourth-order valence-corrected chi connectivity index (χ4v) is 14.2. The Hall–Kier alpha value is -0.820. The maximum atomic E-state index is 12.1. The smallest absolute Gasteiger partial charge is 0.221 e. The molecule has 2 heterocycles. The highest BCUT2D eigenvalue weighted by Gasteiger charge is 2.72. The van der Waals surface area contributed by atoms with E-state index in [1.165, 1.54) is 5.57 Å². The summed E-state index contributed by atoms with van der Waals surface area (Å²) in [5.74, 6) is -1.77. The van der Waals surface area contributed by atoms with Crippen LogP contribution in [0.15, 0.2) is 11.6 Å². The van der Waals surface area contributed by atoms with Gasteiger partial charge in [0.15, 0.2) is 6.29 Å². The van der Waals surface area contributed by atoms with Crippen molar-refractivity contribution in [1.82, 2.24) is 0 Å². The lowest BCUT2D eigenvalue weighted by molar-refractivity contribution is -0.330. The van der Waals surface area contributed by atoms with Gasteiger partial charge in [-0.1, -0.05) is 60.1 Å². The molecule has 0 aromatic rings. The summed E-state index contributed by atoms with van der Waals surface area (Å²) in [4.78, 5) is 0. The minimum absolute atomic E-state index is 0.0388. The Kier molecular flexibility index (Phi) is 11.6. The molecule has 0 unspecified atom stereocenters. The first-order valence-corrected chi connectivity index (χ1v) is 21.4. The van der Waals surface area contributed by atoms with E-state index in [0.29, 0.717) is 12.8 Å². The van der Waals surface area contributed by atoms with Gasteiger partial charge in [-0.25, -0.2) is 0 Å². The lowest BCUT2D eigenvalue weighted by Crippen LogP contribution is -2.70. The van der Waals surface area contributed by atoms with E-state index in [0.717, 1.165) is 38.5 Å². The summed E-state index contributed by atoms with van der Waals surface area (Å²) in [6.07, 6.45) is -4.87. The Labute approximate surface area is 337 Å². The van der Waals surface area contributed by atoms with Crippen LogP contribution in [-0.2, 0) is 23.7 Å². The minimum Gasteiger partial charge on any atom is -0.396 e. The van der Waals surface area contributed by atoms with Crippen molar-refractivity contribution in [3.63, 3.8) is 0 Å². The van der Waals surface area contributed by atoms with Crippen molar-refractivity contribution in [1.29, 1.82) is 0 Å². The number of rotatable bonds is 9. The summed E-state index contributed by atoms with van der Waals surface area (Å²) < 4.78 is 30.8. The van der Waals surface area contributed by atoms with Crippen molar-refractivity contribution in [2.24, 2.45) is 50.2 Å². The van der Waals surface area contributed by atoms with E-state index >= 15 is 0 Å². The lowest BCUT2D eigenvalue weighted by atomic mass is 9.33. The number of ether oxygens (including phenoxy) is 5. The van der Waals surface area contributed by atoms with Gasteiger partial charge in [-0.15, -0.1) is 0 Å². The van der Waals surface area contributed by atoms with Crippen LogP contribution >= 0.6 is 0 Å². The second-order valence-electron chi connectivity index (χ2n) is 21.2. The van der Waals surface area contributed by atoms with Gasteiger partial charge in [0.25, 0.3) is 0 Å². The van der Waals surface area contributed by atoms with Crippen LogP contribution in [0.4, 0.5) is 0 Å². The molecule has 4 saturated carbocycles. The van der Waals surface area contributed by atoms with Crippen molar-refractivity contribution in [3.8, 4) is 0 Å². The fourth-order valence-electron chi connectivity index (χ4n) is 14.2. The fraction of sp³-hybridized carbons (Fsp3) is 0.953. The van der Waals surface area contributed by atoms with Gasteiger partial charge in [0.1, 0.15) is 49.3 Å². The normalized spacial score (nSPS) is 54.2. The van der Waals surface area contributed by atoms with Gasteiger partial charge in [0.2, 0.25) is 5.79 Å². The number of aliphatic hydroxyl groups is 9. The molecule has 5 aliphatic carbocycles. The van der Waals surface area contributed by atoms with Gasteiger partial charge < -0.3 is 69.6 Å². The van der Waals surface area contributed by atoms with Crippen LogP contribution in [0.3, 0.4) is 0 Å². The van der Waals surface area contributed by atoms with Crippen LogP contribution in [0.1, 0.15) is 99.8 Å². The molecule has 6 fully saturated rings. The van der Waals surface area contributed by atoms with Gasteiger partial charge in [0.05, 0.1) is 38.1 Å². The molecule has 14 heteroatoms. The summed E-state index contributed by atoms with van der Waals surface area (Å²) in [6, 6.07) is 0. The number of fused-ring (bicyclic) bond motifs is 7. The highest BCUT2D eigenvalue weighted by Crippen LogP contribution is 2.76. The van der Waals surface area contributed by atoms with E-state index in [-0.39, 0.29) is 52.1 Å². The van der Waals surface area contributed by atoms with E-state index in [1.807, 2.05) is 0 Å². The summed E-state index contributed by atoms with van der Waals surface area (Å²) in [5, 5.41) is 97.1. The summed E-state index contributed by atoms with van der Waals surface area (Å²) in [7, 11) is 1.80. The molecule has 19 atom stereocenters. The quantitative estimate of drug-likeness (QED) is 0.150. The van der Waals surface area contributed by atoms with Crippen LogP contribution in [0, 0.1) is 50.2 Å². The first kappa shape index (κ1) is 44.2. The molecule has 0 aromatic heterocycles. The maximum absolute atomic E-state index is 12.1. The predicted octanol–water partition coefficient (Wildman–Crippen LogP) is 1.39. The van der Waals surface area contributed by atoms with Gasteiger partial charge in [-0.3, -0.25) is 0 Å². The molecule has 0 radical (unpaired) electrons. The third-order valence-corrected chi connectivity index (χ3v) is 17.7. The molecule has 14 nitrogen and oxygen atoms in total. The standard InChI is InChI=1S/C43H72O14/c1-37(2)13-14-42(20-46)23(16-37)22-15-24(53-8)34-39(5)11-10-29(38(3,4)27(39)9-12-40(34,6)41(22,7)17-28(42)48)57-43(21-47)35(52)33(26(19-45)56-43)55-36-32(51)31(50)30(49)25(18-44)54-36/h15,23-36,44-52H,9-14,16-21H2,1-8H3/t23-,24-,25-,26-,27-,28+,29-,30-,31+,32-,33-,34-,35+,36+,39-,40-,41-,42-,43+/m1/s1. The van der Waals surface area contributed by atoms with E-state index in [4.69, 9.17) is 23.7 Å². The first-order chi connectivity index (χ1) is 26.6. The molecule has 0 aromatic carbocycles. The zero-order chi connectivity index (χ0) is 41.9. The van der Waals surface area contributed by atoms with E-state index in [2.05, 4.69) is 54.5 Å². The molecule has 7 rings (SSSR count). The second-order valence-corrected chi connectivity index (χ2v) is 21.2. The van der Waals surface area contributed by atoms with Gasteiger partial charge in [0, 0.05) is 18.4 Å². The van der Waals surface area contributed by atoms with E-state index < -0.39 is 97.7 Å². The summed E-state index contributed by atoms with van der Waals surface area (Å²) in [5.41, 5.74) is -0.461. The molecule has 2 saturated heterocycles. The number of hydrogen-bond acceptors (Lipinski definition) is 14. The molecule has 328 valence electrons. The number of hydrogen-bond donors (Lipinski definition) is 9. The van der Waals surface area contributed by atoms with Crippen molar-refractivity contribution in [2.75, 3.05) is 33.5 Å². The molecule has 0 amide bonds. The Balaban J connectivity index is 1.17. The number of allylic oxidation sites excluding steroid dienone is 1. The Morgan fingerprint density at radius 1 is 0.772 bits per heavy atom. The van der Waals surface area contributed by atoms with Crippen LogP contribution in [-0.4, -0.2) is 153 Å². The predicted molar refractivity (Wildman–Crippen MR) is 205 cm³/mol. The minimum atomic E-state index is -2.01. The number of aliphatic hydroxyl groups excluding tert-OH is 9. The van der Waals surface area contributed by atoms with Gasteiger partial charge in [-0.2, -0.15) is 0 Å². The average Bonchev–Trinajstić information content (AvgIpc) is 3.42. The molecule has 2 aliphatic heterocycles. The molecule has 0 bridgehead atoms. The van der Waals surface area contributed by atoms with Crippen molar-refractivity contribution >= 4 is 0 Å². The van der Waals surface area contributed by atoms with Crippen molar-refractivity contribution in [3.05, 3.63) is 11.6 Å². The SMILES string of the molecule is CO[C@@H]1C=C2[C@H]3CC(C)(C)CC[C@]3(CO)[C@@H](O)C[C@@]2(C)[C@]2(C)CC[C@@H]3C(C)(C)[C@H](O[C@]4(CO)O[C@H](CO)[C@@H](O[C@@H]5O[C@H](CO)[C@@H](O)[C@H](O)[C@H]5O)[C@@H]4O)CC[C@@]3(C)[C@@H]12. The molecule has 0 spiro atoms. The Morgan fingerprint density at radius 3 is 2.07 bits per heavy atom. The van der Waals surface area contributed by atoms with Gasteiger partial charge >= 0.3 is 0 Å². The van der Waals surface area contributed by atoms with Crippen LogP contribution in [0.2, 0.25) is 0 Å². The second kappa shape index (κ2) is 14.9. The van der Waals surface area contributed by atoms with E-state index in [1.54, 1.807) is 7.11 Å². The van der Waals surface area contributed by atoms with E-state index in [9.17, 15) is 46.0 Å². The van der Waals surface area contributed by atoms with Crippen molar-refractivity contribution < 1.29 is 69.6 Å². The first-order valence-electron chi connectivity index (χ1n) is 21.4. The third kappa shape index (κ3) is 6.32. The molecular formula is C43H72O14. The summed E-state index contributed by atoms with van der Waals surface area (Å²) >= 11 is 0. The molecule has 57 heavy (non-hydrogen) atoms. The van der Waals surface area contributed by atoms with Gasteiger partial charge in [-0.05, 0) is 90.3 Å². The zero-order valence-electron chi connectivity index (χ0n) is 35.2. The maximum Gasteiger partial charge on any atom is 0.221 e. The van der Waals surface area contributed by atoms with Crippen LogP contribution < -0.4 is 0 Å². The summed E-state index contributed by atoms with van der Waals surface area (Å²) in [6.45, 7) is 14.0. The van der Waals surface area contributed by atoms with Crippen LogP contribution in [0.25, 0.3) is 0 Å². The Morgan fingerprint density at radius 2 is 1.46 bits per heavy atom. The highest BCUT2D eigenvalue weighted by atomic mass is 16.8. The number of methoxy groups -OCH3 is 1. The molecule has 9 N–H and O–H groups in total. The lowest BCUT2D eigenvalue weighted by Gasteiger charge is -2.73. The monoisotopic (exact) mass is 812 g/mol. The topological polar surface area (TPSA) is 228 Å². The van der Waals surface area contributed by atoms with Crippen molar-refractivity contribution in [2.45, 2.75) is 173 Å². The van der Waals surface area contributed by atoms with Crippen LogP contribution in [0.5, 0.6) is 0 Å². The molecular weight excluding hydrogens is 740 g/mol. The zero-order valence-corrected chi connectivity index (χ0v) is 35.2. The highest BCUT2D eigenvalue weighted by molar-refractivity contribution is 5.37. The largest absolute Gasteiger partial charge is 0.396 e. The molecule has 7 aliphatic rings. The third-order valence-electron chi connectivity index (χ3n) is 17.7.